The Morgan fingerprint density at radius 3 is 2.47 bits per heavy atom. The second-order valence-electron chi connectivity index (χ2n) is 7.94. The maximum atomic E-state index is 13.6. The van der Waals surface area contributed by atoms with Gasteiger partial charge in [0.25, 0.3) is 5.56 Å². The molecule has 5 nitrogen and oxygen atoms in total. The number of aromatic hydroxyl groups is 1. The van der Waals surface area contributed by atoms with E-state index >= 15 is 0 Å². The van der Waals surface area contributed by atoms with E-state index < -0.39 is 28.2 Å². The van der Waals surface area contributed by atoms with E-state index in [-0.39, 0.29) is 15.9 Å². The number of halogens is 3. The van der Waals surface area contributed by atoms with Crippen molar-refractivity contribution in [1.29, 1.82) is 0 Å². The van der Waals surface area contributed by atoms with Crippen molar-refractivity contribution in [3.8, 4) is 11.4 Å². The minimum Gasteiger partial charge on any atom is -0.505 e. The summed E-state index contributed by atoms with van der Waals surface area (Å²) in [7, 11) is 0. The number of pyridine rings is 1. The third-order valence-corrected chi connectivity index (χ3v) is 7.17. The Kier molecular flexibility index (Phi) is 4.71. The van der Waals surface area contributed by atoms with Crippen LogP contribution >= 0.6 is 35.0 Å². The summed E-state index contributed by atoms with van der Waals surface area (Å²) in [5.74, 6) is -0.929. The Morgan fingerprint density at radius 1 is 1.09 bits per heavy atom. The van der Waals surface area contributed by atoms with Crippen molar-refractivity contribution in [2.24, 2.45) is 0 Å². The molecule has 3 heterocycles. The molecule has 0 spiro atoms. The Hall–Kier alpha value is -2.74. The summed E-state index contributed by atoms with van der Waals surface area (Å²) >= 11 is 13.5. The first kappa shape index (κ1) is 21.1. The molecule has 0 saturated heterocycles. The molecular formula is C23H14Cl2FNO4S. The van der Waals surface area contributed by atoms with Gasteiger partial charge in [0, 0.05) is 37.7 Å². The van der Waals surface area contributed by atoms with Crippen LogP contribution in [-0.4, -0.2) is 9.67 Å². The van der Waals surface area contributed by atoms with E-state index in [1.807, 2.05) is 13.8 Å². The molecule has 32 heavy (non-hydrogen) atoms. The molecule has 0 bridgehead atoms. The number of nitrogens with zero attached hydrogens (tertiary/aromatic N) is 1. The lowest BCUT2D eigenvalue weighted by Crippen LogP contribution is -2.24. The molecule has 1 N–H and O–H groups in total. The third kappa shape index (κ3) is 2.99. The zero-order valence-corrected chi connectivity index (χ0v) is 19.0. The molecule has 0 aliphatic carbocycles. The van der Waals surface area contributed by atoms with Gasteiger partial charge in [0.1, 0.15) is 21.7 Å². The number of fused-ring (bicyclic) bond motifs is 4. The lowest BCUT2D eigenvalue weighted by Gasteiger charge is -2.21. The quantitative estimate of drug-likeness (QED) is 0.380. The summed E-state index contributed by atoms with van der Waals surface area (Å²) in [5.41, 5.74) is -0.314. The number of hydrogen-bond donors (Lipinski definition) is 1. The van der Waals surface area contributed by atoms with Crippen LogP contribution < -0.4 is 11.2 Å². The van der Waals surface area contributed by atoms with E-state index in [2.05, 4.69) is 0 Å². The second kappa shape index (κ2) is 7.13. The average Bonchev–Trinajstić information content (AvgIpc) is 2.93. The highest BCUT2D eigenvalue weighted by Crippen LogP contribution is 2.47. The zero-order valence-electron chi connectivity index (χ0n) is 16.7. The molecule has 0 atom stereocenters. The molecule has 4 aromatic rings. The van der Waals surface area contributed by atoms with Crippen molar-refractivity contribution in [3.63, 3.8) is 0 Å². The zero-order chi connectivity index (χ0) is 22.9. The van der Waals surface area contributed by atoms with Crippen LogP contribution in [0.2, 0.25) is 10.0 Å². The van der Waals surface area contributed by atoms with E-state index in [9.17, 15) is 19.1 Å². The Morgan fingerprint density at radius 2 is 1.78 bits per heavy atom. The molecule has 1 aliphatic rings. The van der Waals surface area contributed by atoms with E-state index in [1.165, 1.54) is 28.8 Å². The summed E-state index contributed by atoms with van der Waals surface area (Å²) in [6.45, 7) is 3.79. The van der Waals surface area contributed by atoms with Crippen LogP contribution in [-0.2, 0) is 5.41 Å². The van der Waals surface area contributed by atoms with Gasteiger partial charge >= 0.3 is 5.63 Å². The molecule has 2 aromatic heterocycles. The Bertz CT molecular complexity index is 1560. The predicted octanol–water partition coefficient (Wildman–Crippen LogP) is 5.89. The van der Waals surface area contributed by atoms with E-state index in [0.717, 1.165) is 11.8 Å². The van der Waals surface area contributed by atoms with Gasteiger partial charge in [-0.1, -0.05) is 48.8 Å². The summed E-state index contributed by atoms with van der Waals surface area (Å²) in [5, 5.41) is 11.6. The molecule has 0 fully saturated rings. The van der Waals surface area contributed by atoms with Gasteiger partial charge in [-0.15, -0.1) is 0 Å². The molecule has 2 aromatic carbocycles. The molecule has 0 amide bonds. The van der Waals surface area contributed by atoms with Gasteiger partial charge < -0.3 is 9.52 Å². The highest BCUT2D eigenvalue weighted by molar-refractivity contribution is 7.99. The van der Waals surface area contributed by atoms with Crippen molar-refractivity contribution < 1.29 is 13.9 Å². The minimum absolute atomic E-state index is 0.0321. The van der Waals surface area contributed by atoms with Crippen LogP contribution in [0.4, 0.5) is 4.39 Å². The summed E-state index contributed by atoms with van der Waals surface area (Å²) in [6.07, 6.45) is 0. The Labute approximate surface area is 195 Å². The van der Waals surface area contributed by atoms with E-state index in [4.69, 9.17) is 27.6 Å². The smallest absolute Gasteiger partial charge is 0.354 e. The molecule has 1 aliphatic heterocycles. The van der Waals surface area contributed by atoms with Gasteiger partial charge in [0.05, 0.1) is 5.69 Å². The van der Waals surface area contributed by atoms with Crippen molar-refractivity contribution in [2.45, 2.75) is 29.1 Å². The lowest BCUT2D eigenvalue weighted by atomic mass is 9.83. The lowest BCUT2D eigenvalue weighted by molar-refractivity contribution is 0.445. The number of benzene rings is 2. The molecule has 0 saturated carbocycles. The fourth-order valence-electron chi connectivity index (χ4n) is 4.14. The SMILES string of the molecule is CC1(C)c2c(Cl)cc(Cl)cc2-n2c1cc1oc(=O)c(Sc3ccc(F)cc3)c(O)c1c2=O. The van der Waals surface area contributed by atoms with Crippen LogP contribution in [0.25, 0.3) is 16.7 Å². The fraction of sp³-hybridized carbons (Fsp3) is 0.130. The van der Waals surface area contributed by atoms with E-state index in [0.29, 0.717) is 31.9 Å². The standard InChI is InChI=1S/C23H14Cl2FNO4S/c1-23(2)16-9-15-17(21(29)27(16)14-8-10(24)7-13(25)18(14)23)19(28)20(22(30)31-15)32-12-5-3-11(26)4-6-12/h3-9,28H,1-2H3. The van der Waals surface area contributed by atoms with Crippen molar-refractivity contribution >= 4 is 45.9 Å². The van der Waals surface area contributed by atoms with Gasteiger partial charge in [-0.25, -0.2) is 9.18 Å². The van der Waals surface area contributed by atoms with Gasteiger partial charge in [-0.05, 0) is 36.4 Å². The molecule has 5 rings (SSSR count). The first-order chi connectivity index (χ1) is 15.1. The van der Waals surface area contributed by atoms with Gasteiger partial charge in [-0.2, -0.15) is 0 Å². The topological polar surface area (TPSA) is 72.4 Å². The minimum atomic E-state index is -0.803. The summed E-state index contributed by atoms with van der Waals surface area (Å²) in [4.78, 5) is 26.6. The molecule has 9 heteroatoms. The van der Waals surface area contributed by atoms with Crippen LogP contribution in [0, 0.1) is 5.82 Å². The monoisotopic (exact) mass is 489 g/mol. The van der Waals surface area contributed by atoms with Crippen LogP contribution in [0.1, 0.15) is 25.1 Å². The van der Waals surface area contributed by atoms with Gasteiger partial charge in [-0.3, -0.25) is 9.36 Å². The number of hydrogen-bond acceptors (Lipinski definition) is 5. The average molecular weight is 490 g/mol. The molecule has 0 radical (unpaired) electrons. The van der Waals surface area contributed by atoms with Crippen molar-refractivity contribution in [2.75, 3.05) is 0 Å². The third-order valence-electron chi connectivity index (χ3n) is 5.59. The molecular weight excluding hydrogens is 476 g/mol. The Balaban J connectivity index is 1.81. The number of aromatic nitrogens is 1. The van der Waals surface area contributed by atoms with Crippen LogP contribution in [0.15, 0.2) is 66.3 Å². The van der Waals surface area contributed by atoms with Crippen molar-refractivity contribution in [3.05, 3.63) is 90.4 Å². The summed E-state index contributed by atoms with van der Waals surface area (Å²) < 4.78 is 20.1. The second-order valence-corrected chi connectivity index (χ2v) is 9.87. The number of rotatable bonds is 2. The molecule has 162 valence electrons. The fourth-order valence-corrected chi connectivity index (χ4v) is 5.69. The summed E-state index contributed by atoms with van der Waals surface area (Å²) in [6, 6.07) is 10.2. The predicted molar refractivity (Wildman–Crippen MR) is 122 cm³/mol. The van der Waals surface area contributed by atoms with Gasteiger partial charge in [0.2, 0.25) is 0 Å². The highest BCUT2D eigenvalue weighted by atomic mass is 35.5. The largest absolute Gasteiger partial charge is 0.505 e. The van der Waals surface area contributed by atoms with Crippen molar-refractivity contribution in [1.82, 2.24) is 4.57 Å². The first-order valence-electron chi connectivity index (χ1n) is 9.49. The maximum Gasteiger partial charge on any atom is 0.354 e. The normalized spacial score (nSPS) is 13.9. The highest BCUT2D eigenvalue weighted by Gasteiger charge is 2.40. The first-order valence-corrected chi connectivity index (χ1v) is 11.1. The van der Waals surface area contributed by atoms with Crippen LogP contribution in [0.5, 0.6) is 5.75 Å². The molecule has 0 unspecified atom stereocenters. The van der Waals surface area contributed by atoms with Crippen LogP contribution in [0.3, 0.4) is 0 Å². The maximum absolute atomic E-state index is 13.6. The van der Waals surface area contributed by atoms with E-state index in [1.54, 1.807) is 18.2 Å². The van der Waals surface area contributed by atoms with Gasteiger partial charge in [0.15, 0.2) is 5.75 Å².